The molecule has 0 spiro atoms. The highest BCUT2D eigenvalue weighted by molar-refractivity contribution is 5.82. The Morgan fingerprint density at radius 3 is 2.59 bits per heavy atom. The first-order chi connectivity index (χ1) is 8.29. The van der Waals surface area contributed by atoms with Gasteiger partial charge in [0, 0.05) is 0 Å². The highest BCUT2D eigenvalue weighted by atomic mass is 16.3. The second-order valence-corrected chi connectivity index (χ2v) is 4.64. The van der Waals surface area contributed by atoms with Gasteiger partial charge in [-0.15, -0.1) is 0 Å². The number of fused-ring (bicyclic) bond motifs is 1. The first kappa shape index (κ1) is 12.1. The van der Waals surface area contributed by atoms with Gasteiger partial charge < -0.3 is 5.11 Å². The van der Waals surface area contributed by atoms with Gasteiger partial charge in [0.1, 0.15) is 0 Å². The fourth-order valence-corrected chi connectivity index (χ4v) is 2.14. The molecule has 90 valence electrons. The Labute approximate surface area is 103 Å². The van der Waals surface area contributed by atoms with Crippen molar-refractivity contribution < 1.29 is 5.11 Å². The molecule has 17 heavy (non-hydrogen) atoms. The smallest absolute Gasteiger partial charge is 0.0537 e. The van der Waals surface area contributed by atoms with E-state index in [-0.39, 0.29) is 6.10 Å². The molecule has 1 nitrogen and oxygen atoms in total. The summed E-state index contributed by atoms with van der Waals surface area (Å²) < 4.78 is 0. The number of aliphatic hydroxyl groups is 1. The molecule has 1 N–H and O–H groups in total. The highest BCUT2D eigenvalue weighted by Gasteiger charge is 2.01. The predicted octanol–water partition coefficient (Wildman–Crippen LogP) is 3.93. The first-order valence-electron chi connectivity index (χ1n) is 6.45. The monoisotopic (exact) mass is 228 g/mol. The second kappa shape index (κ2) is 5.83. The number of hydrogen-bond acceptors (Lipinski definition) is 1. The van der Waals surface area contributed by atoms with Crippen LogP contribution < -0.4 is 0 Å². The van der Waals surface area contributed by atoms with Crippen LogP contribution in [0.3, 0.4) is 0 Å². The first-order valence-corrected chi connectivity index (χ1v) is 6.45. The molecule has 0 saturated heterocycles. The van der Waals surface area contributed by atoms with Gasteiger partial charge in [-0.25, -0.2) is 0 Å². The van der Waals surface area contributed by atoms with E-state index in [1.807, 2.05) is 6.92 Å². The Hall–Kier alpha value is -1.34. The molecule has 0 aliphatic carbocycles. The van der Waals surface area contributed by atoms with Crippen molar-refractivity contribution in [3.05, 3.63) is 48.0 Å². The third kappa shape index (κ3) is 3.31. The summed E-state index contributed by atoms with van der Waals surface area (Å²) in [6.07, 6.45) is 3.76. The third-order valence-corrected chi connectivity index (χ3v) is 3.29. The molecule has 2 aromatic rings. The lowest BCUT2D eigenvalue weighted by Crippen LogP contribution is -2.04. The van der Waals surface area contributed by atoms with Gasteiger partial charge >= 0.3 is 0 Å². The van der Waals surface area contributed by atoms with Crippen LogP contribution >= 0.6 is 0 Å². The van der Waals surface area contributed by atoms with Crippen LogP contribution in [0, 0.1) is 0 Å². The number of hydrogen-bond donors (Lipinski definition) is 1. The van der Waals surface area contributed by atoms with Crippen LogP contribution in [0.5, 0.6) is 0 Å². The Kier molecular flexibility index (Phi) is 4.16. The topological polar surface area (TPSA) is 20.2 Å². The van der Waals surface area contributed by atoms with Crippen molar-refractivity contribution in [3.63, 3.8) is 0 Å². The molecule has 1 unspecified atom stereocenters. The van der Waals surface area contributed by atoms with Gasteiger partial charge in [-0.2, -0.15) is 0 Å². The zero-order valence-corrected chi connectivity index (χ0v) is 10.4. The molecule has 0 amide bonds. The summed E-state index contributed by atoms with van der Waals surface area (Å²) in [6.45, 7) is 2.03. The fraction of sp³-hybridized carbons (Fsp3) is 0.375. The van der Waals surface area contributed by atoms with E-state index in [1.165, 1.54) is 16.3 Å². The predicted molar refractivity (Wildman–Crippen MR) is 73.2 cm³/mol. The van der Waals surface area contributed by atoms with Crippen molar-refractivity contribution in [2.45, 2.75) is 38.7 Å². The molecule has 0 heterocycles. The molecule has 0 saturated carbocycles. The van der Waals surface area contributed by atoms with Crippen LogP contribution in [-0.4, -0.2) is 11.2 Å². The van der Waals surface area contributed by atoms with Crippen molar-refractivity contribution in [1.82, 2.24) is 0 Å². The lowest BCUT2D eigenvalue weighted by Gasteiger charge is -2.07. The maximum absolute atomic E-state index is 9.51. The van der Waals surface area contributed by atoms with Crippen LogP contribution in [0.2, 0.25) is 0 Å². The Morgan fingerprint density at radius 2 is 1.82 bits per heavy atom. The number of benzene rings is 2. The van der Waals surface area contributed by atoms with Crippen molar-refractivity contribution in [1.29, 1.82) is 0 Å². The van der Waals surface area contributed by atoms with Gasteiger partial charge in [0.15, 0.2) is 0 Å². The Bertz CT molecular complexity index is 476. The zero-order valence-electron chi connectivity index (χ0n) is 10.4. The third-order valence-electron chi connectivity index (χ3n) is 3.29. The average molecular weight is 228 g/mol. The number of aryl methyl sites for hydroxylation is 1. The van der Waals surface area contributed by atoms with E-state index < -0.39 is 0 Å². The van der Waals surface area contributed by atoms with Crippen LogP contribution in [0.25, 0.3) is 10.8 Å². The molecule has 0 bridgehead atoms. The summed E-state index contributed by atoms with van der Waals surface area (Å²) in [5.74, 6) is 0. The van der Waals surface area contributed by atoms with Crippen LogP contribution in [0.1, 0.15) is 31.7 Å². The van der Waals surface area contributed by atoms with Crippen molar-refractivity contribution >= 4 is 10.8 Å². The van der Waals surface area contributed by atoms with E-state index in [1.54, 1.807) is 0 Å². The second-order valence-electron chi connectivity index (χ2n) is 4.64. The van der Waals surface area contributed by atoms with E-state index in [4.69, 9.17) is 0 Å². The summed E-state index contributed by atoms with van der Waals surface area (Å²) in [5, 5.41) is 12.1. The molecule has 0 aromatic heterocycles. The molecular formula is C16H20O. The van der Waals surface area contributed by atoms with Gasteiger partial charge in [0.25, 0.3) is 0 Å². The average Bonchev–Trinajstić information content (AvgIpc) is 2.38. The molecule has 2 aromatic carbocycles. The molecule has 0 aliphatic rings. The fourth-order valence-electron chi connectivity index (χ4n) is 2.14. The standard InChI is InChI=1S/C16H20O/c1-2-16(17)9-5-6-13-10-11-14-7-3-4-8-15(14)12-13/h3-4,7-8,10-12,16-17H,2,5-6,9H2,1H3. The van der Waals surface area contributed by atoms with Gasteiger partial charge in [-0.1, -0.05) is 49.4 Å². The van der Waals surface area contributed by atoms with Gasteiger partial charge in [-0.05, 0) is 42.0 Å². The molecule has 2 rings (SSSR count). The lowest BCUT2D eigenvalue weighted by atomic mass is 10.0. The minimum atomic E-state index is -0.129. The summed E-state index contributed by atoms with van der Waals surface area (Å²) in [6, 6.07) is 15.1. The van der Waals surface area contributed by atoms with Crippen molar-refractivity contribution in [2.75, 3.05) is 0 Å². The molecule has 0 fully saturated rings. The van der Waals surface area contributed by atoms with Gasteiger partial charge in [0.05, 0.1) is 6.10 Å². The van der Waals surface area contributed by atoms with Crippen LogP contribution in [0.15, 0.2) is 42.5 Å². The van der Waals surface area contributed by atoms with Crippen LogP contribution in [0.4, 0.5) is 0 Å². The number of aliphatic hydroxyl groups excluding tert-OH is 1. The maximum atomic E-state index is 9.51. The van der Waals surface area contributed by atoms with Crippen LogP contribution in [-0.2, 0) is 6.42 Å². The van der Waals surface area contributed by atoms with Crippen molar-refractivity contribution in [3.8, 4) is 0 Å². The lowest BCUT2D eigenvalue weighted by molar-refractivity contribution is 0.158. The Morgan fingerprint density at radius 1 is 1.06 bits per heavy atom. The largest absolute Gasteiger partial charge is 0.393 e. The molecular weight excluding hydrogens is 208 g/mol. The normalized spacial score (nSPS) is 12.8. The van der Waals surface area contributed by atoms with E-state index in [9.17, 15) is 5.11 Å². The van der Waals surface area contributed by atoms with E-state index >= 15 is 0 Å². The molecule has 1 heteroatoms. The zero-order chi connectivity index (χ0) is 12.1. The minimum absolute atomic E-state index is 0.129. The molecule has 1 atom stereocenters. The van der Waals surface area contributed by atoms with Gasteiger partial charge in [-0.3, -0.25) is 0 Å². The number of rotatable bonds is 5. The summed E-state index contributed by atoms with van der Waals surface area (Å²) >= 11 is 0. The SMILES string of the molecule is CCC(O)CCCc1ccc2ccccc2c1. The molecule has 0 aliphatic heterocycles. The summed E-state index contributed by atoms with van der Waals surface area (Å²) in [5.41, 5.74) is 1.37. The highest BCUT2D eigenvalue weighted by Crippen LogP contribution is 2.17. The Balaban J connectivity index is 1.99. The van der Waals surface area contributed by atoms with Gasteiger partial charge in [0.2, 0.25) is 0 Å². The van der Waals surface area contributed by atoms with E-state index in [0.717, 1.165) is 25.7 Å². The minimum Gasteiger partial charge on any atom is -0.393 e. The molecule has 0 radical (unpaired) electrons. The van der Waals surface area contributed by atoms with Crippen molar-refractivity contribution in [2.24, 2.45) is 0 Å². The quantitative estimate of drug-likeness (QED) is 0.822. The summed E-state index contributed by atoms with van der Waals surface area (Å²) in [7, 11) is 0. The summed E-state index contributed by atoms with van der Waals surface area (Å²) in [4.78, 5) is 0. The van der Waals surface area contributed by atoms with E-state index in [2.05, 4.69) is 42.5 Å². The van der Waals surface area contributed by atoms with E-state index in [0.29, 0.717) is 0 Å². The maximum Gasteiger partial charge on any atom is 0.0537 e.